The van der Waals surface area contributed by atoms with Crippen molar-refractivity contribution in [2.45, 2.75) is 6.92 Å². The Morgan fingerprint density at radius 2 is 2.33 bits per heavy atom. The Kier molecular flexibility index (Phi) is 3.42. The second kappa shape index (κ2) is 5.01. The number of carbonyl (C=O) groups is 1. The number of ether oxygens (including phenoxy) is 1. The molecule has 3 N–H and O–H groups in total. The van der Waals surface area contributed by atoms with Crippen molar-refractivity contribution in [3.05, 3.63) is 28.9 Å². The predicted molar refractivity (Wildman–Crippen MR) is 70.1 cm³/mol. The number of hydrogen-bond donors (Lipinski definition) is 2. The van der Waals surface area contributed by atoms with Gasteiger partial charge in [-0.05, 0) is 13.0 Å². The molecular weight excluding hydrogens is 252 g/mol. The van der Waals surface area contributed by atoms with Crippen LogP contribution in [-0.4, -0.2) is 23.0 Å². The molecule has 0 saturated carbocycles. The minimum absolute atomic E-state index is 0.247. The van der Waals surface area contributed by atoms with Crippen LogP contribution in [0.4, 0.5) is 16.6 Å². The normalized spacial score (nSPS) is 10.1. The second-order valence-corrected chi connectivity index (χ2v) is 4.39. The smallest absolute Gasteiger partial charge is 0.340 e. The summed E-state index contributed by atoms with van der Waals surface area (Å²) in [4.78, 5) is 19.8. The maximum Gasteiger partial charge on any atom is 0.340 e. The van der Waals surface area contributed by atoms with Crippen LogP contribution in [0.25, 0.3) is 0 Å². The molecule has 2 aromatic rings. The molecule has 18 heavy (non-hydrogen) atoms. The monoisotopic (exact) mass is 264 g/mol. The summed E-state index contributed by atoms with van der Waals surface area (Å²) in [5.74, 6) is -0.0967. The predicted octanol–water partition coefficient (Wildman–Crippen LogP) is 1.96. The number of nitrogens with zero attached hydrogens (tertiary/aromatic N) is 2. The number of aromatic nitrogens is 2. The Hall–Kier alpha value is -2.15. The summed E-state index contributed by atoms with van der Waals surface area (Å²) in [7, 11) is 1.31. The van der Waals surface area contributed by atoms with Gasteiger partial charge in [-0.3, -0.25) is 0 Å². The average molecular weight is 264 g/mol. The van der Waals surface area contributed by atoms with E-state index in [9.17, 15) is 4.79 Å². The van der Waals surface area contributed by atoms with E-state index in [4.69, 9.17) is 5.73 Å². The fourth-order valence-corrected chi connectivity index (χ4v) is 2.06. The first-order valence-corrected chi connectivity index (χ1v) is 6.01. The van der Waals surface area contributed by atoms with Crippen LogP contribution >= 0.6 is 11.3 Å². The maximum absolute atomic E-state index is 11.5. The maximum atomic E-state index is 11.5. The molecule has 7 heteroatoms. The molecule has 0 aliphatic rings. The summed E-state index contributed by atoms with van der Waals surface area (Å²) in [5.41, 5.74) is 7.30. The van der Waals surface area contributed by atoms with E-state index in [0.717, 1.165) is 5.69 Å². The fourth-order valence-electron chi connectivity index (χ4n) is 1.37. The molecule has 0 unspecified atom stereocenters. The standard InChI is InChI=1S/C11H12N4O2S/c1-6-5-18-11(14-6)15-9-8(12)7(3-4-13-9)10(16)17-2/h3-5H,12H2,1-2H3,(H,13,14,15). The van der Waals surface area contributed by atoms with E-state index in [1.807, 2.05) is 12.3 Å². The molecular formula is C11H12N4O2S. The number of aryl methyl sites for hydroxylation is 1. The quantitative estimate of drug-likeness (QED) is 0.823. The van der Waals surface area contributed by atoms with Gasteiger partial charge in [0.15, 0.2) is 10.9 Å². The number of pyridine rings is 1. The van der Waals surface area contributed by atoms with E-state index in [2.05, 4.69) is 20.0 Å². The lowest BCUT2D eigenvalue weighted by atomic mass is 10.2. The van der Waals surface area contributed by atoms with Crippen LogP contribution in [0.15, 0.2) is 17.6 Å². The van der Waals surface area contributed by atoms with Gasteiger partial charge in [-0.15, -0.1) is 11.3 Å². The Bertz CT molecular complexity index is 582. The molecule has 2 aromatic heterocycles. The van der Waals surface area contributed by atoms with E-state index < -0.39 is 5.97 Å². The molecule has 0 radical (unpaired) electrons. The molecule has 0 aliphatic heterocycles. The minimum atomic E-state index is -0.492. The number of nitrogen functional groups attached to an aromatic ring is 1. The summed E-state index contributed by atoms with van der Waals surface area (Å²) in [6.07, 6.45) is 1.49. The molecule has 0 aromatic carbocycles. The van der Waals surface area contributed by atoms with Crippen LogP contribution in [-0.2, 0) is 4.74 Å². The number of carbonyl (C=O) groups excluding carboxylic acids is 1. The molecule has 0 fully saturated rings. The SMILES string of the molecule is COC(=O)c1ccnc(Nc2nc(C)cs2)c1N. The van der Waals surface area contributed by atoms with Gasteiger partial charge in [-0.25, -0.2) is 14.8 Å². The van der Waals surface area contributed by atoms with Gasteiger partial charge in [-0.2, -0.15) is 0 Å². The molecule has 94 valence electrons. The highest BCUT2D eigenvalue weighted by atomic mass is 32.1. The molecule has 2 rings (SSSR count). The zero-order chi connectivity index (χ0) is 13.1. The minimum Gasteiger partial charge on any atom is -0.465 e. The van der Waals surface area contributed by atoms with E-state index in [1.54, 1.807) is 0 Å². The highest BCUT2D eigenvalue weighted by Gasteiger charge is 2.14. The third-order valence-corrected chi connectivity index (χ3v) is 3.12. The first kappa shape index (κ1) is 12.3. The lowest BCUT2D eigenvalue weighted by Crippen LogP contribution is -2.08. The van der Waals surface area contributed by atoms with Crippen LogP contribution in [0.3, 0.4) is 0 Å². The Labute approximate surface area is 108 Å². The average Bonchev–Trinajstić information content (AvgIpc) is 2.76. The van der Waals surface area contributed by atoms with E-state index in [-0.39, 0.29) is 11.3 Å². The lowest BCUT2D eigenvalue weighted by Gasteiger charge is -2.08. The van der Waals surface area contributed by atoms with Crippen molar-refractivity contribution < 1.29 is 9.53 Å². The van der Waals surface area contributed by atoms with Gasteiger partial charge >= 0.3 is 5.97 Å². The lowest BCUT2D eigenvalue weighted by molar-refractivity contribution is 0.0602. The molecule has 6 nitrogen and oxygen atoms in total. The van der Waals surface area contributed by atoms with Crippen molar-refractivity contribution >= 4 is 33.9 Å². The number of nitrogens with one attached hydrogen (secondary N) is 1. The van der Waals surface area contributed by atoms with Crippen molar-refractivity contribution in [1.29, 1.82) is 0 Å². The summed E-state index contributed by atoms with van der Waals surface area (Å²) < 4.78 is 4.64. The van der Waals surface area contributed by atoms with Crippen LogP contribution in [0.5, 0.6) is 0 Å². The van der Waals surface area contributed by atoms with Gasteiger partial charge in [0, 0.05) is 11.6 Å². The second-order valence-electron chi connectivity index (χ2n) is 3.53. The highest BCUT2D eigenvalue weighted by Crippen LogP contribution is 2.26. The van der Waals surface area contributed by atoms with Crippen molar-refractivity contribution in [1.82, 2.24) is 9.97 Å². The van der Waals surface area contributed by atoms with Crippen molar-refractivity contribution in [2.75, 3.05) is 18.2 Å². The van der Waals surface area contributed by atoms with Crippen molar-refractivity contribution in [3.8, 4) is 0 Å². The highest BCUT2D eigenvalue weighted by molar-refractivity contribution is 7.13. The van der Waals surface area contributed by atoms with Crippen LogP contribution in [0.2, 0.25) is 0 Å². The third kappa shape index (κ3) is 2.40. The number of esters is 1. The zero-order valence-electron chi connectivity index (χ0n) is 9.93. The number of hydrogen-bond acceptors (Lipinski definition) is 7. The first-order valence-electron chi connectivity index (χ1n) is 5.13. The molecule has 0 atom stereocenters. The first-order chi connectivity index (χ1) is 8.61. The van der Waals surface area contributed by atoms with E-state index in [1.165, 1.54) is 30.7 Å². The number of nitrogens with two attached hydrogens (primary N) is 1. The van der Waals surface area contributed by atoms with Crippen LogP contribution in [0, 0.1) is 6.92 Å². The molecule has 0 amide bonds. The zero-order valence-corrected chi connectivity index (χ0v) is 10.7. The Morgan fingerprint density at radius 1 is 1.56 bits per heavy atom. The van der Waals surface area contributed by atoms with Crippen LogP contribution < -0.4 is 11.1 Å². The van der Waals surface area contributed by atoms with Gasteiger partial charge in [0.25, 0.3) is 0 Å². The molecule has 2 heterocycles. The van der Waals surface area contributed by atoms with E-state index in [0.29, 0.717) is 10.9 Å². The molecule has 0 saturated heterocycles. The number of methoxy groups -OCH3 is 1. The summed E-state index contributed by atoms with van der Waals surface area (Å²) >= 11 is 1.44. The van der Waals surface area contributed by atoms with Gasteiger partial charge in [0.2, 0.25) is 0 Å². The number of thiazole rings is 1. The van der Waals surface area contributed by atoms with Crippen LogP contribution in [0.1, 0.15) is 16.1 Å². The topological polar surface area (TPSA) is 90.1 Å². The largest absolute Gasteiger partial charge is 0.465 e. The van der Waals surface area contributed by atoms with Gasteiger partial charge in [-0.1, -0.05) is 0 Å². The van der Waals surface area contributed by atoms with Crippen molar-refractivity contribution in [2.24, 2.45) is 0 Å². The van der Waals surface area contributed by atoms with Gasteiger partial charge in [0.1, 0.15) is 0 Å². The fraction of sp³-hybridized carbons (Fsp3) is 0.182. The summed E-state index contributed by atoms with van der Waals surface area (Å²) in [5, 5.41) is 5.56. The summed E-state index contributed by atoms with van der Waals surface area (Å²) in [6, 6.07) is 1.51. The number of rotatable bonds is 3. The Balaban J connectivity index is 2.31. The Morgan fingerprint density at radius 3 is 2.94 bits per heavy atom. The van der Waals surface area contributed by atoms with E-state index >= 15 is 0 Å². The summed E-state index contributed by atoms with van der Waals surface area (Å²) in [6.45, 7) is 1.89. The number of anilines is 3. The van der Waals surface area contributed by atoms with Crippen molar-refractivity contribution in [3.63, 3.8) is 0 Å². The molecule has 0 spiro atoms. The molecule has 0 aliphatic carbocycles. The molecule has 0 bridgehead atoms. The third-order valence-electron chi connectivity index (χ3n) is 2.24. The van der Waals surface area contributed by atoms with Gasteiger partial charge < -0.3 is 15.8 Å². The van der Waals surface area contributed by atoms with Gasteiger partial charge in [0.05, 0.1) is 24.1 Å².